The lowest BCUT2D eigenvalue weighted by molar-refractivity contribution is 0.171. The molecule has 0 bridgehead atoms. The second-order valence-electron chi connectivity index (χ2n) is 4.59. The van der Waals surface area contributed by atoms with E-state index in [4.69, 9.17) is 15.2 Å². The second-order valence-corrected chi connectivity index (χ2v) is 7.12. The van der Waals surface area contributed by atoms with E-state index in [-0.39, 0.29) is 16.7 Å². The molecule has 0 heterocycles. The zero-order valence-corrected chi connectivity index (χ0v) is 14.8. The second kappa shape index (κ2) is 7.98. The molecule has 0 amide bonds. The van der Waals surface area contributed by atoms with E-state index in [9.17, 15) is 8.42 Å². The molecule has 120 valence electrons. The van der Waals surface area contributed by atoms with Crippen LogP contribution in [0.1, 0.15) is 19.8 Å². The first-order valence-corrected chi connectivity index (χ1v) is 8.77. The van der Waals surface area contributed by atoms with Crippen molar-refractivity contribution in [3.05, 3.63) is 16.6 Å². The van der Waals surface area contributed by atoms with E-state index >= 15 is 0 Å². The van der Waals surface area contributed by atoms with Gasteiger partial charge >= 0.3 is 0 Å². The molecular weight excluding hydrogens is 360 g/mol. The number of anilines is 1. The number of hydrogen-bond acceptors (Lipinski definition) is 5. The lowest BCUT2D eigenvalue weighted by atomic mass is 10.2. The first-order valence-electron chi connectivity index (χ1n) is 6.50. The molecule has 0 saturated carbocycles. The van der Waals surface area contributed by atoms with Gasteiger partial charge in [0.15, 0.2) is 0 Å². The fourth-order valence-corrected chi connectivity index (χ4v) is 3.69. The van der Waals surface area contributed by atoms with Gasteiger partial charge < -0.3 is 15.2 Å². The van der Waals surface area contributed by atoms with Gasteiger partial charge in [-0.05, 0) is 34.5 Å². The number of nitrogens with two attached hydrogens (primary N) is 1. The SMILES string of the molecule is CCCC(COC)NS(=O)(=O)c1cc(N)c(Br)cc1OC. The Morgan fingerprint density at radius 3 is 2.57 bits per heavy atom. The molecule has 0 aliphatic rings. The van der Waals surface area contributed by atoms with Crippen molar-refractivity contribution >= 4 is 31.6 Å². The summed E-state index contributed by atoms with van der Waals surface area (Å²) in [6, 6.07) is 2.62. The van der Waals surface area contributed by atoms with Crippen LogP contribution in [0.3, 0.4) is 0 Å². The number of halogens is 1. The molecule has 0 aliphatic carbocycles. The van der Waals surface area contributed by atoms with E-state index < -0.39 is 10.0 Å². The number of benzene rings is 1. The normalized spacial score (nSPS) is 13.1. The number of nitrogens with one attached hydrogen (secondary N) is 1. The van der Waals surface area contributed by atoms with Crippen molar-refractivity contribution in [2.75, 3.05) is 26.6 Å². The molecule has 3 N–H and O–H groups in total. The predicted molar refractivity (Wildman–Crippen MR) is 86.0 cm³/mol. The fourth-order valence-electron chi connectivity index (χ4n) is 1.93. The Balaban J connectivity index is 3.14. The van der Waals surface area contributed by atoms with Crippen LogP contribution in [0.25, 0.3) is 0 Å². The molecule has 1 atom stereocenters. The molecule has 0 radical (unpaired) electrons. The predicted octanol–water partition coefficient (Wildman–Crippen LogP) is 2.13. The van der Waals surface area contributed by atoms with E-state index in [0.29, 0.717) is 23.2 Å². The Hall–Kier alpha value is -0.830. The van der Waals surface area contributed by atoms with Gasteiger partial charge in [0, 0.05) is 23.3 Å². The van der Waals surface area contributed by atoms with Crippen LogP contribution >= 0.6 is 15.9 Å². The molecule has 0 aromatic heterocycles. The molecule has 0 aliphatic heterocycles. The van der Waals surface area contributed by atoms with Crippen molar-refractivity contribution in [2.45, 2.75) is 30.7 Å². The van der Waals surface area contributed by atoms with Gasteiger partial charge in [-0.2, -0.15) is 0 Å². The summed E-state index contributed by atoms with van der Waals surface area (Å²) in [7, 11) is -0.793. The Kier molecular flexibility index (Phi) is 6.92. The summed E-state index contributed by atoms with van der Waals surface area (Å²) in [6.07, 6.45) is 1.53. The summed E-state index contributed by atoms with van der Waals surface area (Å²) >= 11 is 3.25. The summed E-state index contributed by atoms with van der Waals surface area (Å²) in [5, 5.41) is 0. The van der Waals surface area contributed by atoms with Crippen LogP contribution in [-0.2, 0) is 14.8 Å². The lowest BCUT2D eigenvalue weighted by Crippen LogP contribution is -2.38. The van der Waals surface area contributed by atoms with Gasteiger partial charge in [-0.1, -0.05) is 13.3 Å². The van der Waals surface area contributed by atoms with Crippen molar-refractivity contribution in [3.63, 3.8) is 0 Å². The maximum absolute atomic E-state index is 12.5. The van der Waals surface area contributed by atoms with Crippen molar-refractivity contribution in [3.8, 4) is 5.75 Å². The zero-order valence-electron chi connectivity index (χ0n) is 12.3. The maximum atomic E-state index is 12.5. The number of methoxy groups -OCH3 is 2. The molecule has 0 fully saturated rings. The molecule has 6 nitrogen and oxygen atoms in total. The summed E-state index contributed by atoms with van der Waals surface area (Å²) in [5.41, 5.74) is 6.10. The fraction of sp³-hybridized carbons (Fsp3) is 0.538. The first-order chi connectivity index (χ1) is 9.85. The van der Waals surface area contributed by atoms with Crippen molar-refractivity contribution < 1.29 is 17.9 Å². The van der Waals surface area contributed by atoms with Crippen LogP contribution < -0.4 is 15.2 Å². The third-order valence-corrected chi connectivity index (χ3v) is 5.13. The topological polar surface area (TPSA) is 90.7 Å². The minimum atomic E-state index is -3.74. The number of hydrogen-bond donors (Lipinski definition) is 2. The van der Waals surface area contributed by atoms with Crippen molar-refractivity contribution in [1.82, 2.24) is 4.72 Å². The molecule has 0 spiro atoms. The van der Waals surface area contributed by atoms with Gasteiger partial charge in [-0.25, -0.2) is 13.1 Å². The van der Waals surface area contributed by atoms with Gasteiger partial charge in [0.05, 0.1) is 13.7 Å². The van der Waals surface area contributed by atoms with E-state index in [1.807, 2.05) is 6.92 Å². The van der Waals surface area contributed by atoms with Crippen molar-refractivity contribution in [2.24, 2.45) is 0 Å². The molecule has 21 heavy (non-hydrogen) atoms. The van der Waals surface area contributed by atoms with Crippen LogP contribution in [0.2, 0.25) is 0 Å². The third kappa shape index (κ3) is 4.84. The maximum Gasteiger partial charge on any atom is 0.244 e. The highest BCUT2D eigenvalue weighted by molar-refractivity contribution is 9.10. The summed E-state index contributed by atoms with van der Waals surface area (Å²) in [6.45, 7) is 2.29. The standard InChI is InChI=1S/C13H21BrN2O4S/c1-4-5-9(8-19-2)16-21(17,18)13-7-11(15)10(14)6-12(13)20-3/h6-7,9,16H,4-5,8,15H2,1-3H3. The zero-order chi connectivity index (χ0) is 16.0. The highest BCUT2D eigenvalue weighted by atomic mass is 79.9. The van der Waals surface area contributed by atoms with Crippen molar-refractivity contribution in [1.29, 1.82) is 0 Å². The number of ether oxygens (including phenoxy) is 2. The minimum absolute atomic E-state index is 0.0166. The van der Waals surface area contributed by atoms with Gasteiger partial charge in [-0.3, -0.25) is 0 Å². The minimum Gasteiger partial charge on any atom is -0.495 e. The average molecular weight is 381 g/mol. The molecule has 1 aromatic carbocycles. The van der Waals surface area contributed by atoms with Crippen LogP contribution in [0.15, 0.2) is 21.5 Å². The average Bonchev–Trinajstić information content (AvgIpc) is 2.41. The van der Waals surface area contributed by atoms with Gasteiger partial charge in [0.2, 0.25) is 10.0 Å². The van der Waals surface area contributed by atoms with Gasteiger partial charge in [0.25, 0.3) is 0 Å². The molecule has 1 aromatic rings. The highest BCUT2D eigenvalue weighted by Crippen LogP contribution is 2.32. The van der Waals surface area contributed by atoms with Crippen LogP contribution in [-0.4, -0.2) is 35.3 Å². The van der Waals surface area contributed by atoms with Crippen LogP contribution in [0.5, 0.6) is 5.75 Å². The lowest BCUT2D eigenvalue weighted by Gasteiger charge is -2.19. The van der Waals surface area contributed by atoms with Crippen LogP contribution in [0.4, 0.5) is 5.69 Å². The summed E-state index contributed by atoms with van der Waals surface area (Å²) < 4.78 is 38.4. The van der Waals surface area contributed by atoms with Gasteiger partial charge in [0.1, 0.15) is 10.6 Å². The van der Waals surface area contributed by atoms with Crippen LogP contribution in [0, 0.1) is 0 Å². The molecule has 1 unspecified atom stereocenters. The van der Waals surface area contributed by atoms with E-state index in [1.54, 1.807) is 0 Å². The summed E-state index contributed by atoms with van der Waals surface area (Å²) in [5.74, 6) is 0.233. The van der Waals surface area contributed by atoms with E-state index in [1.165, 1.54) is 26.4 Å². The third-order valence-electron chi connectivity index (χ3n) is 2.90. The monoisotopic (exact) mass is 380 g/mol. The smallest absolute Gasteiger partial charge is 0.244 e. The molecular formula is C13H21BrN2O4S. The van der Waals surface area contributed by atoms with Gasteiger partial charge in [-0.15, -0.1) is 0 Å². The van der Waals surface area contributed by atoms with E-state index in [0.717, 1.165) is 6.42 Å². The number of rotatable bonds is 8. The quantitative estimate of drug-likeness (QED) is 0.674. The summed E-state index contributed by atoms with van der Waals surface area (Å²) in [4.78, 5) is 0.0166. The molecule has 0 saturated heterocycles. The largest absolute Gasteiger partial charge is 0.495 e. The Bertz CT molecular complexity index is 572. The number of nitrogen functional groups attached to an aromatic ring is 1. The molecule has 8 heteroatoms. The Labute approximate surface area is 134 Å². The Morgan fingerprint density at radius 2 is 2.05 bits per heavy atom. The molecule has 1 rings (SSSR count). The Morgan fingerprint density at radius 1 is 1.38 bits per heavy atom. The van der Waals surface area contributed by atoms with E-state index in [2.05, 4.69) is 20.7 Å². The first kappa shape index (κ1) is 18.2. The number of sulfonamides is 1. The highest BCUT2D eigenvalue weighted by Gasteiger charge is 2.24.